The van der Waals surface area contributed by atoms with E-state index in [4.69, 9.17) is 19.3 Å². The van der Waals surface area contributed by atoms with Crippen LogP contribution in [-0.4, -0.2) is 48.0 Å². The van der Waals surface area contributed by atoms with Gasteiger partial charge in [0, 0.05) is 5.56 Å². The van der Waals surface area contributed by atoms with E-state index in [1.807, 2.05) is 0 Å². The number of alkyl halides is 2. The average molecular weight is 455 g/mol. The van der Waals surface area contributed by atoms with Gasteiger partial charge in [-0.15, -0.1) is 0 Å². The molecule has 0 saturated carbocycles. The van der Waals surface area contributed by atoms with E-state index in [0.29, 0.717) is 30.3 Å². The van der Waals surface area contributed by atoms with E-state index in [9.17, 15) is 18.0 Å². The molecular formula is C21H24F3N3O5. The highest BCUT2D eigenvalue weighted by Crippen LogP contribution is 2.36. The average Bonchev–Trinajstić information content (AvgIpc) is 3.27. The summed E-state index contributed by atoms with van der Waals surface area (Å²) < 4.78 is 58.7. The normalized spacial score (nSPS) is 15.6. The van der Waals surface area contributed by atoms with Crippen molar-refractivity contribution in [1.82, 2.24) is 9.97 Å². The van der Waals surface area contributed by atoms with Gasteiger partial charge < -0.3 is 24.6 Å². The van der Waals surface area contributed by atoms with E-state index in [2.05, 4.69) is 15.3 Å². The highest BCUT2D eigenvalue weighted by atomic mass is 19.3. The summed E-state index contributed by atoms with van der Waals surface area (Å²) >= 11 is 0. The van der Waals surface area contributed by atoms with Crippen molar-refractivity contribution < 1.29 is 37.3 Å². The maximum Gasteiger partial charge on any atom is 0.311 e. The van der Waals surface area contributed by atoms with Crippen LogP contribution in [0.25, 0.3) is 0 Å². The fourth-order valence-electron chi connectivity index (χ4n) is 3.40. The summed E-state index contributed by atoms with van der Waals surface area (Å²) in [6.45, 7) is 2.30. The molecular weight excluding hydrogens is 431 g/mol. The fraction of sp³-hybridized carbons (Fsp3) is 0.476. The van der Waals surface area contributed by atoms with Gasteiger partial charge in [-0.2, -0.15) is 8.78 Å². The summed E-state index contributed by atoms with van der Waals surface area (Å²) in [4.78, 5) is 20.6. The second-order valence-electron chi connectivity index (χ2n) is 7.24. The number of ether oxygens (including phenoxy) is 3. The van der Waals surface area contributed by atoms with Crippen LogP contribution in [0.4, 0.5) is 19.0 Å². The topological polar surface area (TPSA) is 103 Å². The minimum Gasteiger partial charge on any atom is -0.469 e. The van der Waals surface area contributed by atoms with Gasteiger partial charge in [-0.25, -0.2) is 14.4 Å². The van der Waals surface area contributed by atoms with E-state index in [-0.39, 0.29) is 17.8 Å². The predicted octanol–water partition coefficient (Wildman–Crippen LogP) is 2.94. The first-order valence-electron chi connectivity index (χ1n) is 9.89. The monoisotopic (exact) mass is 455 g/mol. The third-order valence-electron chi connectivity index (χ3n) is 4.97. The van der Waals surface area contributed by atoms with E-state index in [1.165, 1.54) is 19.2 Å². The zero-order chi connectivity index (χ0) is 23.5. The van der Waals surface area contributed by atoms with E-state index in [0.717, 1.165) is 6.07 Å². The highest BCUT2D eigenvalue weighted by molar-refractivity contribution is 5.73. The second-order valence-corrected chi connectivity index (χ2v) is 7.24. The van der Waals surface area contributed by atoms with Crippen LogP contribution in [0.1, 0.15) is 47.5 Å². The predicted molar refractivity (Wildman–Crippen MR) is 107 cm³/mol. The van der Waals surface area contributed by atoms with Gasteiger partial charge in [0.15, 0.2) is 6.29 Å². The smallest absolute Gasteiger partial charge is 0.311 e. The molecule has 8 nitrogen and oxygen atoms in total. The molecule has 2 heterocycles. The van der Waals surface area contributed by atoms with Crippen LogP contribution in [0, 0.1) is 12.7 Å². The Morgan fingerprint density at radius 1 is 1.34 bits per heavy atom. The number of hydrogen-bond donors (Lipinski definition) is 2. The van der Waals surface area contributed by atoms with Gasteiger partial charge in [0.05, 0.1) is 49.6 Å². The molecule has 1 fully saturated rings. The van der Waals surface area contributed by atoms with Crippen molar-refractivity contribution in [2.24, 2.45) is 0 Å². The Hall–Kier alpha value is -2.76. The lowest BCUT2D eigenvalue weighted by Crippen LogP contribution is -2.22. The summed E-state index contributed by atoms with van der Waals surface area (Å²) in [5.41, 5.74) is -0.297. The molecule has 3 rings (SSSR count). The molecule has 0 aliphatic carbocycles. The summed E-state index contributed by atoms with van der Waals surface area (Å²) in [6.07, 6.45) is -1.03. The fourth-order valence-corrected chi connectivity index (χ4v) is 3.40. The molecule has 2 N–H and O–H groups in total. The third-order valence-corrected chi connectivity index (χ3v) is 4.97. The Bertz CT molecular complexity index is 983. The van der Waals surface area contributed by atoms with Gasteiger partial charge >= 0.3 is 5.97 Å². The van der Waals surface area contributed by atoms with Crippen molar-refractivity contribution in [1.29, 1.82) is 0 Å². The zero-order valence-electron chi connectivity index (χ0n) is 17.8. The Balaban J connectivity index is 2.01. The quantitative estimate of drug-likeness (QED) is 0.586. The van der Waals surface area contributed by atoms with Crippen molar-refractivity contribution >= 4 is 11.8 Å². The molecule has 0 spiro atoms. The minimum absolute atomic E-state index is 0.0550. The minimum atomic E-state index is -3.73. The van der Waals surface area contributed by atoms with E-state index in [1.54, 1.807) is 13.8 Å². The van der Waals surface area contributed by atoms with Gasteiger partial charge in [-0.3, -0.25) is 4.79 Å². The molecule has 1 atom stereocenters. The number of methoxy groups -OCH3 is 1. The van der Waals surface area contributed by atoms with Gasteiger partial charge in [0.1, 0.15) is 24.1 Å². The summed E-state index contributed by atoms with van der Waals surface area (Å²) in [5.74, 6) is -4.86. The molecule has 0 unspecified atom stereocenters. The number of nitrogens with one attached hydrogen (secondary N) is 1. The molecule has 174 valence electrons. The van der Waals surface area contributed by atoms with Crippen LogP contribution < -0.4 is 5.32 Å². The number of benzene rings is 1. The van der Waals surface area contributed by atoms with E-state index < -0.39 is 42.2 Å². The molecule has 1 aromatic heterocycles. The molecule has 11 heteroatoms. The zero-order valence-corrected chi connectivity index (χ0v) is 17.8. The number of halogens is 3. The number of aliphatic hydroxyl groups is 1. The Labute approximate surface area is 182 Å². The van der Waals surface area contributed by atoms with Crippen LogP contribution in [0.5, 0.6) is 0 Å². The molecule has 1 aliphatic rings. The first-order chi connectivity index (χ1) is 15.2. The molecule has 2 aromatic rings. The highest BCUT2D eigenvalue weighted by Gasteiger charge is 2.35. The summed E-state index contributed by atoms with van der Waals surface area (Å²) in [5, 5.41) is 11.9. The number of carbonyl (C=O) groups is 1. The molecule has 1 saturated heterocycles. The van der Waals surface area contributed by atoms with Crippen molar-refractivity contribution in [3.05, 3.63) is 52.2 Å². The Kier molecular flexibility index (Phi) is 7.32. The maximum atomic E-state index is 14.9. The Morgan fingerprint density at radius 3 is 2.66 bits per heavy atom. The van der Waals surface area contributed by atoms with Crippen LogP contribution in [0.2, 0.25) is 0 Å². The number of aryl methyl sites for hydroxylation is 1. The Morgan fingerprint density at radius 2 is 2.03 bits per heavy atom. The number of carbonyl (C=O) groups excluding carboxylic acids is 1. The lowest BCUT2D eigenvalue weighted by atomic mass is 10.00. The summed E-state index contributed by atoms with van der Waals surface area (Å²) in [7, 11) is 1.25. The second kappa shape index (κ2) is 9.80. The summed E-state index contributed by atoms with van der Waals surface area (Å²) in [6, 6.07) is 2.75. The van der Waals surface area contributed by atoms with Crippen molar-refractivity contribution in [3.8, 4) is 0 Å². The number of nitrogens with zero attached hydrogens (tertiary/aromatic N) is 2. The first-order valence-corrected chi connectivity index (χ1v) is 9.89. The van der Waals surface area contributed by atoms with Gasteiger partial charge in [-0.1, -0.05) is 12.1 Å². The van der Waals surface area contributed by atoms with Crippen LogP contribution in [-0.2, 0) is 31.3 Å². The van der Waals surface area contributed by atoms with Gasteiger partial charge in [0.25, 0.3) is 5.92 Å². The van der Waals surface area contributed by atoms with Crippen molar-refractivity contribution in [3.63, 3.8) is 0 Å². The number of aliphatic hydroxyl groups excluding tert-OH is 1. The largest absolute Gasteiger partial charge is 0.469 e. The molecule has 0 amide bonds. The lowest BCUT2D eigenvalue weighted by molar-refractivity contribution is -0.139. The number of esters is 1. The number of rotatable bonds is 8. The number of hydrogen-bond acceptors (Lipinski definition) is 8. The van der Waals surface area contributed by atoms with Crippen LogP contribution in [0.15, 0.2) is 18.2 Å². The SMILES string of the molecule is COC(=O)Cc1nc(C)nc(N[C@H](C)c2cccc(C(F)(F)CO)c2F)c1C1OCCO1. The van der Waals surface area contributed by atoms with Crippen molar-refractivity contribution in [2.75, 3.05) is 32.2 Å². The standard InChI is InChI=1S/C21H24F3N3O5/c1-11(13-5-4-6-14(18(13)22)21(23,24)10-28)25-19-17(20-31-7-8-32-20)15(9-16(29)30-3)26-12(2)27-19/h4-6,11,20,28H,7-10H2,1-3H3,(H,25,26,27)/t11-/m1/s1. The molecule has 0 bridgehead atoms. The number of anilines is 1. The van der Waals surface area contributed by atoms with Crippen LogP contribution in [0.3, 0.4) is 0 Å². The lowest BCUT2D eigenvalue weighted by Gasteiger charge is -2.23. The molecule has 1 aliphatic heterocycles. The van der Waals surface area contributed by atoms with Gasteiger partial charge in [0.2, 0.25) is 0 Å². The van der Waals surface area contributed by atoms with Crippen LogP contribution >= 0.6 is 0 Å². The van der Waals surface area contributed by atoms with Crippen molar-refractivity contribution in [2.45, 2.75) is 38.5 Å². The molecule has 0 radical (unpaired) electrons. The molecule has 32 heavy (non-hydrogen) atoms. The third kappa shape index (κ3) is 5.00. The molecule has 1 aromatic carbocycles. The number of aromatic nitrogens is 2. The van der Waals surface area contributed by atoms with E-state index >= 15 is 0 Å². The maximum absolute atomic E-state index is 14.9. The van der Waals surface area contributed by atoms with Gasteiger partial charge in [-0.05, 0) is 19.9 Å². The first kappa shape index (κ1) is 23.9.